The minimum absolute atomic E-state index is 0.0102. The number of hydrogen-bond donors (Lipinski definition) is 0. The number of para-hydroxylation sites is 2. The first-order chi connectivity index (χ1) is 13.2. The fraction of sp³-hybridized carbons (Fsp3) is 0. The molecule has 7 heteroatoms. The molecule has 0 aliphatic heterocycles. The third-order valence-electron chi connectivity index (χ3n) is 4.05. The van der Waals surface area contributed by atoms with E-state index >= 15 is 0 Å². The summed E-state index contributed by atoms with van der Waals surface area (Å²) in [5, 5.41) is 0.734. The van der Waals surface area contributed by atoms with E-state index in [1.54, 1.807) is 27.5 Å². The third kappa shape index (κ3) is 3.19. The number of thiazole rings is 1. The van der Waals surface area contributed by atoms with E-state index in [1.807, 2.05) is 60.7 Å². The molecule has 27 heavy (non-hydrogen) atoms. The number of hydrogen-bond acceptors (Lipinski definition) is 5. The van der Waals surface area contributed by atoms with E-state index in [-0.39, 0.29) is 5.56 Å². The number of nitrogens with zero attached hydrogens (tertiary/aromatic N) is 2. The first kappa shape index (κ1) is 17.0. The molecule has 0 atom stereocenters. The van der Waals surface area contributed by atoms with Crippen molar-refractivity contribution in [1.82, 2.24) is 9.38 Å². The zero-order valence-corrected chi connectivity index (χ0v) is 17.0. The van der Waals surface area contributed by atoms with Gasteiger partial charge in [0.25, 0.3) is 5.56 Å². The summed E-state index contributed by atoms with van der Waals surface area (Å²) in [6.45, 7) is 0. The van der Waals surface area contributed by atoms with Crippen LogP contribution >= 0.6 is 46.0 Å². The van der Waals surface area contributed by atoms with Crippen LogP contribution in [-0.2, 0) is 0 Å². The van der Waals surface area contributed by atoms with Crippen LogP contribution in [0.1, 0.15) is 4.88 Å². The number of halogens is 1. The van der Waals surface area contributed by atoms with Gasteiger partial charge in [-0.3, -0.25) is 4.79 Å². The lowest BCUT2D eigenvalue weighted by Crippen LogP contribution is -2.22. The van der Waals surface area contributed by atoms with E-state index in [0.717, 1.165) is 30.8 Å². The molecular formula is C20H11ClN2OS3. The van der Waals surface area contributed by atoms with Crippen LogP contribution in [-0.4, -0.2) is 9.38 Å². The number of imidazole rings is 1. The van der Waals surface area contributed by atoms with Crippen molar-refractivity contribution >= 4 is 68.1 Å². The molecule has 5 rings (SSSR count). The number of rotatable bonds is 3. The molecule has 5 aromatic rings. The van der Waals surface area contributed by atoms with Crippen molar-refractivity contribution in [1.29, 1.82) is 0 Å². The van der Waals surface area contributed by atoms with Crippen molar-refractivity contribution in [3.8, 4) is 0 Å². The quantitative estimate of drug-likeness (QED) is 0.391. The highest BCUT2D eigenvalue weighted by Gasteiger charge is 2.10. The predicted molar refractivity (Wildman–Crippen MR) is 116 cm³/mol. The lowest BCUT2D eigenvalue weighted by atomic mass is 10.3. The summed E-state index contributed by atoms with van der Waals surface area (Å²) in [4.78, 5) is 20.3. The molecule has 3 nitrogen and oxygen atoms in total. The number of aromatic nitrogens is 2. The van der Waals surface area contributed by atoms with E-state index in [2.05, 4.69) is 11.1 Å². The van der Waals surface area contributed by atoms with Crippen molar-refractivity contribution in [3.63, 3.8) is 0 Å². The van der Waals surface area contributed by atoms with E-state index < -0.39 is 0 Å². The molecule has 2 aromatic carbocycles. The van der Waals surface area contributed by atoms with E-state index in [9.17, 15) is 4.79 Å². The highest BCUT2D eigenvalue weighted by Crippen LogP contribution is 2.34. The van der Waals surface area contributed by atoms with Crippen LogP contribution in [0.15, 0.2) is 74.6 Å². The average molecular weight is 427 g/mol. The topological polar surface area (TPSA) is 34.4 Å². The largest absolute Gasteiger partial charge is 0.274 e. The summed E-state index contributed by atoms with van der Waals surface area (Å²) in [7, 11) is 0. The standard InChI is InChI=1S/C20H11ClN2OS3/c21-12-5-7-13(8-6-12)25-18-10-9-14(26-18)11-17-19(24)23-16-4-2-1-3-15(16)22-20(23)27-17/h1-11H/b17-11+. The molecule has 0 saturated carbocycles. The zero-order chi connectivity index (χ0) is 18.4. The molecule has 0 spiro atoms. The van der Waals surface area contributed by atoms with Gasteiger partial charge in [-0.25, -0.2) is 9.38 Å². The van der Waals surface area contributed by atoms with Gasteiger partial charge in [-0.05, 0) is 54.6 Å². The summed E-state index contributed by atoms with van der Waals surface area (Å²) in [5.74, 6) is 0. The van der Waals surface area contributed by atoms with Gasteiger partial charge in [0.15, 0.2) is 4.96 Å². The molecule has 3 aromatic heterocycles. The Bertz CT molecular complexity index is 1380. The fourth-order valence-corrected chi connectivity index (χ4v) is 6.07. The summed E-state index contributed by atoms with van der Waals surface area (Å²) in [5.41, 5.74) is 1.70. The van der Waals surface area contributed by atoms with Gasteiger partial charge in [-0.2, -0.15) is 0 Å². The predicted octanol–water partition coefficient (Wildman–Crippen LogP) is 5.32. The minimum atomic E-state index is -0.0102. The summed E-state index contributed by atoms with van der Waals surface area (Å²) in [6.07, 6.45) is 1.95. The van der Waals surface area contributed by atoms with Gasteiger partial charge >= 0.3 is 0 Å². The van der Waals surface area contributed by atoms with Crippen LogP contribution < -0.4 is 10.1 Å². The van der Waals surface area contributed by atoms with Gasteiger partial charge < -0.3 is 0 Å². The van der Waals surface area contributed by atoms with Gasteiger partial charge in [-0.15, -0.1) is 11.3 Å². The molecule has 0 aliphatic rings. The smallest absolute Gasteiger partial charge is 0.267 e. The summed E-state index contributed by atoms with van der Waals surface area (Å²) in [6, 6.07) is 19.6. The number of fused-ring (bicyclic) bond motifs is 3. The molecular weight excluding hydrogens is 416 g/mol. The van der Waals surface area contributed by atoms with Gasteiger partial charge in [0.2, 0.25) is 0 Å². The lowest BCUT2D eigenvalue weighted by molar-refractivity contribution is 1.19. The van der Waals surface area contributed by atoms with E-state index in [0.29, 0.717) is 4.53 Å². The second-order valence-corrected chi connectivity index (χ2v) is 9.78. The Labute approximate surface area is 171 Å². The molecule has 0 unspecified atom stereocenters. The molecule has 0 bridgehead atoms. The van der Waals surface area contributed by atoms with Crippen LogP contribution in [0.3, 0.4) is 0 Å². The monoisotopic (exact) mass is 426 g/mol. The van der Waals surface area contributed by atoms with E-state index in [4.69, 9.17) is 11.6 Å². The van der Waals surface area contributed by atoms with Crippen molar-refractivity contribution < 1.29 is 0 Å². The van der Waals surface area contributed by atoms with Gasteiger partial charge in [0.05, 0.1) is 19.8 Å². The Hall–Kier alpha value is -2.12. The Morgan fingerprint density at radius 2 is 1.81 bits per heavy atom. The zero-order valence-electron chi connectivity index (χ0n) is 13.8. The molecule has 0 amide bonds. The van der Waals surface area contributed by atoms with Crippen LogP contribution in [0.4, 0.5) is 0 Å². The van der Waals surface area contributed by atoms with Crippen LogP contribution in [0.2, 0.25) is 5.02 Å². The maximum absolute atomic E-state index is 12.8. The maximum Gasteiger partial charge on any atom is 0.274 e. The highest BCUT2D eigenvalue weighted by atomic mass is 35.5. The SMILES string of the molecule is O=c1/c(=C\c2ccc(Sc3ccc(Cl)cc3)s2)sc2nc3ccccc3n12. The van der Waals surface area contributed by atoms with Gasteiger partial charge in [0, 0.05) is 14.8 Å². The summed E-state index contributed by atoms with van der Waals surface area (Å²) < 4.78 is 3.57. The fourth-order valence-electron chi connectivity index (χ4n) is 2.83. The number of benzene rings is 2. The van der Waals surface area contributed by atoms with Crippen molar-refractivity contribution in [2.24, 2.45) is 0 Å². The molecule has 0 saturated heterocycles. The number of thiophene rings is 1. The normalized spacial score (nSPS) is 12.4. The van der Waals surface area contributed by atoms with Crippen LogP contribution in [0.25, 0.3) is 22.1 Å². The Morgan fingerprint density at radius 1 is 1.00 bits per heavy atom. The van der Waals surface area contributed by atoms with Crippen LogP contribution in [0, 0.1) is 0 Å². The molecule has 0 fully saturated rings. The van der Waals surface area contributed by atoms with Crippen molar-refractivity contribution in [3.05, 3.63) is 85.4 Å². The van der Waals surface area contributed by atoms with Crippen LogP contribution in [0.5, 0.6) is 0 Å². The Balaban J connectivity index is 1.51. The second kappa shape index (κ2) is 6.80. The van der Waals surface area contributed by atoms with Crippen molar-refractivity contribution in [2.45, 2.75) is 9.10 Å². The third-order valence-corrected chi connectivity index (χ3v) is 7.45. The summed E-state index contributed by atoms with van der Waals surface area (Å²) >= 11 is 10.7. The molecule has 0 radical (unpaired) electrons. The molecule has 0 aliphatic carbocycles. The average Bonchev–Trinajstić information content (AvgIpc) is 3.33. The second-order valence-electron chi connectivity index (χ2n) is 5.85. The first-order valence-electron chi connectivity index (χ1n) is 8.12. The Kier molecular flexibility index (Phi) is 4.28. The maximum atomic E-state index is 12.8. The molecule has 3 heterocycles. The molecule has 0 N–H and O–H groups in total. The highest BCUT2D eigenvalue weighted by molar-refractivity contribution is 8.01. The molecule has 132 valence electrons. The van der Waals surface area contributed by atoms with Gasteiger partial charge in [0.1, 0.15) is 0 Å². The lowest BCUT2D eigenvalue weighted by Gasteiger charge is -1.97. The van der Waals surface area contributed by atoms with Gasteiger partial charge in [-0.1, -0.05) is 46.8 Å². The Morgan fingerprint density at radius 3 is 2.67 bits per heavy atom. The minimum Gasteiger partial charge on any atom is -0.267 e. The van der Waals surface area contributed by atoms with Crippen molar-refractivity contribution in [2.75, 3.05) is 0 Å². The van der Waals surface area contributed by atoms with E-state index in [1.165, 1.54) is 15.5 Å². The first-order valence-corrected chi connectivity index (χ1v) is 11.0.